The summed E-state index contributed by atoms with van der Waals surface area (Å²) < 4.78 is 4.97. The number of hydrogen-bond acceptors (Lipinski definition) is 7. The smallest absolute Gasteiger partial charge is 0.335 e. The zero-order valence-electron chi connectivity index (χ0n) is 13.2. The molecule has 4 atom stereocenters. The Morgan fingerprint density at radius 2 is 2.04 bits per heavy atom. The molecule has 0 spiro atoms. The number of carboxylic acid groups (broad SMARTS) is 2. The number of nitrogens with one attached hydrogen (secondary N) is 2. The number of carbonyl (C=O) groups excluding carboxylic acids is 2. The Labute approximate surface area is 140 Å². The second-order valence-electron chi connectivity index (χ2n) is 5.17. The summed E-state index contributed by atoms with van der Waals surface area (Å²) in [5, 5.41) is 23.8. The highest BCUT2D eigenvalue weighted by Gasteiger charge is 2.40. The molecular weight excluding hydrogens is 339 g/mol. The molecule has 134 valence electrons. The molecule has 1 aliphatic rings. The van der Waals surface area contributed by atoms with Crippen molar-refractivity contribution in [3.8, 4) is 0 Å². The fraction of sp³-hybridized carbons (Fsp3) is 0.571. The van der Waals surface area contributed by atoms with Crippen molar-refractivity contribution in [1.82, 2.24) is 10.4 Å². The van der Waals surface area contributed by atoms with Gasteiger partial charge in [0.2, 0.25) is 0 Å². The van der Waals surface area contributed by atoms with Crippen molar-refractivity contribution in [3.63, 3.8) is 0 Å². The van der Waals surface area contributed by atoms with Crippen LogP contribution in [0, 0.1) is 0 Å². The highest BCUT2D eigenvalue weighted by atomic mass is 31.1. The lowest BCUT2D eigenvalue weighted by molar-refractivity contribution is -0.158. The lowest BCUT2D eigenvalue weighted by atomic mass is 10.2. The number of hydrogen-bond donors (Lipinski definition) is 4. The molecule has 0 amide bonds. The second-order valence-corrected chi connectivity index (χ2v) is 7.17. The molecule has 2 unspecified atom stereocenters. The summed E-state index contributed by atoms with van der Waals surface area (Å²) >= 11 is 0. The molecule has 24 heavy (non-hydrogen) atoms. The van der Waals surface area contributed by atoms with Crippen LogP contribution in [-0.4, -0.2) is 64.5 Å². The van der Waals surface area contributed by atoms with Gasteiger partial charge in [-0.15, -0.1) is 6.58 Å². The van der Waals surface area contributed by atoms with E-state index in [1.165, 1.54) is 13.0 Å². The number of carboxylic acids is 2. The molecule has 1 heterocycles. The minimum Gasteiger partial charge on any atom is -0.480 e. The third-order valence-electron chi connectivity index (χ3n) is 3.37. The fourth-order valence-corrected chi connectivity index (χ4v) is 3.91. The van der Waals surface area contributed by atoms with Gasteiger partial charge in [0, 0.05) is 6.92 Å². The maximum absolute atomic E-state index is 12.4. The van der Waals surface area contributed by atoms with E-state index in [1.807, 2.05) is 0 Å². The molecule has 0 bridgehead atoms. The van der Waals surface area contributed by atoms with Crippen LogP contribution in [0.5, 0.6) is 0 Å². The van der Waals surface area contributed by atoms with Gasteiger partial charge in [-0.1, -0.05) is 6.08 Å². The van der Waals surface area contributed by atoms with Crippen LogP contribution in [0.2, 0.25) is 0 Å². The molecule has 0 saturated carbocycles. The lowest BCUT2D eigenvalue weighted by Gasteiger charge is -2.26. The van der Waals surface area contributed by atoms with Crippen molar-refractivity contribution < 1.29 is 34.1 Å². The van der Waals surface area contributed by atoms with Crippen LogP contribution in [-0.2, 0) is 23.9 Å². The zero-order valence-corrected chi connectivity index (χ0v) is 14.1. The number of carbonyl (C=O) groups is 4. The second kappa shape index (κ2) is 9.58. The van der Waals surface area contributed by atoms with Gasteiger partial charge < -0.3 is 20.3 Å². The predicted octanol–water partition coefficient (Wildman–Crippen LogP) is -0.0930. The van der Waals surface area contributed by atoms with Crippen LogP contribution in [0.4, 0.5) is 0 Å². The topological polar surface area (TPSA) is 142 Å². The van der Waals surface area contributed by atoms with Gasteiger partial charge in [-0.25, -0.2) is 4.79 Å². The van der Waals surface area contributed by atoms with Gasteiger partial charge in [-0.3, -0.25) is 19.5 Å². The summed E-state index contributed by atoms with van der Waals surface area (Å²) in [6.07, 6.45) is 0.852. The largest absolute Gasteiger partial charge is 0.480 e. The van der Waals surface area contributed by atoms with Crippen molar-refractivity contribution in [2.75, 3.05) is 13.2 Å². The van der Waals surface area contributed by atoms with Crippen molar-refractivity contribution in [3.05, 3.63) is 12.7 Å². The van der Waals surface area contributed by atoms with Gasteiger partial charge in [-0.05, 0) is 19.4 Å². The zero-order chi connectivity index (χ0) is 18.3. The van der Waals surface area contributed by atoms with Crippen molar-refractivity contribution in [1.29, 1.82) is 0 Å². The highest BCUT2D eigenvalue weighted by Crippen LogP contribution is 2.37. The van der Waals surface area contributed by atoms with Crippen LogP contribution < -0.4 is 10.4 Å². The van der Waals surface area contributed by atoms with Crippen LogP contribution in [0.3, 0.4) is 0 Å². The predicted molar refractivity (Wildman–Crippen MR) is 85.8 cm³/mol. The summed E-state index contributed by atoms with van der Waals surface area (Å²) in [6, 6.07) is -2.26. The van der Waals surface area contributed by atoms with E-state index in [0.29, 0.717) is 13.0 Å². The molecule has 1 aliphatic heterocycles. The highest BCUT2D eigenvalue weighted by molar-refractivity contribution is 7.87. The molecule has 1 rings (SSSR count). The van der Waals surface area contributed by atoms with Gasteiger partial charge in [0.1, 0.15) is 14.1 Å². The summed E-state index contributed by atoms with van der Waals surface area (Å²) in [7, 11) is -2.18. The third kappa shape index (κ3) is 5.45. The number of ether oxygens (including phenoxy) is 1. The Morgan fingerprint density at radius 1 is 1.38 bits per heavy atom. The quantitative estimate of drug-likeness (QED) is 0.294. The van der Waals surface area contributed by atoms with Crippen molar-refractivity contribution >= 4 is 31.1 Å². The standard InChI is InChI=1S/C14H21N2O7P/c1-3-7-23-11(13(20)21)10(12(18)19)16-24(8(2)17)14(22)9-5-4-6-15-9/h3,9-11,15-16H,1,4-7H2,2H3,(H,18,19)(H,20,21)/t9-,10-,11?,24?/m0/s1. The van der Waals surface area contributed by atoms with Crippen molar-refractivity contribution in [2.45, 2.75) is 38.0 Å². The number of rotatable bonds is 11. The van der Waals surface area contributed by atoms with Gasteiger partial charge >= 0.3 is 11.9 Å². The van der Waals surface area contributed by atoms with Crippen LogP contribution in [0.15, 0.2) is 12.7 Å². The monoisotopic (exact) mass is 360 g/mol. The minimum atomic E-state index is -2.18. The third-order valence-corrected chi connectivity index (χ3v) is 5.29. The van der Waals surface area contributed by atoms with Crippen LogP contribution in [0.25, 0.3) is 0 Å². The van der Waals surface area contributed by atoms with Gasteiger partial charge in [0.25, 0.3) is 0 Å². The van der Waals surface area contributed by atoms with E-state index >= 15 is 0 Å². The maximum Gasteiger partial charge on any atom is 0.335 e. The molecule has 9 nitrogen and oxygen atoms in total. The van der Waals surface area contributed by atoms with E-state index < -0.39 is 49.2 Å². The van der Waals surface area contributed by atoms with E-state index in [2.05, 4.69) is 17.0 Å². The molecule has 4 N–H and O–H groups in total. The molecule has 1 saturated heterocycles. The molecular formula is C14H21N2O7P. The number of aliphatic carboxylic acids is 2. The van der Waals surface area contributed by atoms with Crippen LogP contribution >= 0.6 is 8.07 Å². The molecule has 0 aromatic rings. The van der Waals surface area contributed by atoms with Gasteiger partial charge in [0.15, 0.2) is 17.2 Å². The Balaban J connectivity index is 2.97. The van der Waals surface area contributed by atoms with E-state index in [4.69, 9.17) is 4.74 Å². The first-order valence-electron chi connectivity index (χ1n) is 7.31. The minimum absolute atomic E-state index is 0.182. The fourth-order valence-electron chi connectivity index (χ4n) is 2.23. The van der Waals surface area contributed by atoms with E-state index in [0.717, 1.165) is 6.42 Å². The Morgan fingerprint density at radius 3 is 2.46 bits per heavy atom. The van der Waals surface area contributed by atoms with Crippen molar-refractivity contribution in [2.24, 2.45) is 0 Å². The van der Waals surface area contributed by atoms with Crippen LogP contribution in [0.1, 0.15) is 19.8 Å². The van der Waals surface area contributed by atoms with E-state index in [9.17, 15) is 29.4 Å². The molecule has 0 aliphatic carbocycles. The van der Waals surface area contributed by atoms with Gasteiger partial charge in [0.05, 0.1) is 12.6 Å². The summed E-state index contributed by atoms with van der Waals surface area (Å²) in [6.45, 7) is 5.00. The van der Waals surface area contributed by atoms with E-state index in [-0.39, 0.29) is 6.61 Å². The maximum atomic E-state index is 12.4. The lowest BCUT2D eigenvalue weighted by Crippen LogP contribution is -2.51. The summed E-state index contributed by atoms with van der Waals surface area (Å²) in [5.41, 5.74) is -0.961. The normalized spacial score (nSPS) is 20.8. The average molecular weight is 360 g/mol. The summed E-state index contributed by atoms with van der Waals surface area (Å²) in [5.74, 6) is -3.03. The molecule has 10 heteroatoms. The first-order valence-corrected chi connectivity index (χ1v) is 8.66. The molecule has 0 radical (unpaired) electrons. The molecule has 0 aromatic heterocycles. The molecule has 1 fully saturated rings. The first-order chi connectivity index (χ1) is 11.3. The first kappa shape index (κ1) is 20.4. The Hall–Kier alpha value is -1.67. The van der Waals surface area contributed by atoms with E-state index in [1.54, 1.807) is 0 Å². The SMILES string of the molecule is C=CCOC(C(=O)O)[C@H](NP(C(C)=O)C(=O)[C@@H]1CCCN1)C(=O)O. The Kier molecular flexibility index (Phi) is 8.14. The summed E-state index contributed by atoms with van der Waals surface area (Å²) in [4.78, 5) is 47.0. The molecule has 0 aromatic carbocycles. The van der Waals surface area contributed by atoms with Gasteiger partial charge in [-0.2, -0.15) is 0 Å². The average Bonchev–Trinajstić information content (AvgIpc) is 3.03. The Bertz CT molecular complexity index is 519.